The lowest BCUT2D eigenvalue weighted by Gasteiger charge is -2.33. The second-order valence-corrected chi connectivity index (χ2v) is 8.38. The van der Waals surface area contributed by atoms with Crippen molar-refractivity contribution in [2.45, 2.75) is 38.8 Å². The SMILES string of the molecule is Cc1nc(C(=O)NCc2ccc(F)c(F)c2)cc(C2=NOC(C3CCN(C(=O)CO)CC3)C2)n1. The number of oxime groups is 1. The van der Waals surface area contributed by atoms with Crippen LogP contribution in [-0.2, 0) is 16.2 Å². The van der Waals surface area contributed by atoms with Crippen molar-refractivity contribution in [2.24, 2.45) is 11.1 Å². The number of likely N-dealkylation sites (tertiary alicyclic amines) is 1. The number of hydrogen-bond donors (Lipinski definition) is 2. The molecule has 9 nitrogen and oxygen atoms in total. The Kier molecular flexibility index (Phi) is 7.11. The van der Waals surface area contributed by atoms with Crippen LogP contribution in [0.15, 0.2) is 29.4 Å². The lowest BCUT2D eigenvalue weighted by molar-refractivity contribution is -0.136. The smallest absolute Gasteiger partial charge is 0.270 e. The molecule has 2 aromatic rings. The fourth-order valence-corrected chi connectivity index (χ4v) is 4.18. The van der Waals surface area contributed by atoms with Crippen LogP contribution < -0.4 is 5.32 Å². The summed E-state index contributed by atoms with van der Waals surface area (Å²) in [6.07, 6.45) is 1.87. The quantitative estimate of drug-likeness (QED) is 0.660. The molecule has 3 heterocycles. The molecule has 2 amide bonds. The van der Waals surface area contributed by atoms with Gasteiger partial charge in [0.25, 0.3) is 5.91 Å². The summed E-state index contributed by atoms with van der Waals surface area (Å²) in [7, 11) is 0. The largest absolute Gasteiger partial charge is 0.391 e. The van der Waals surface area contributed by atoms with E-state index in [9.17, 15) is 18.4 Å². The number of nitrogens with one attached hydrogen (secondary N) is 1. The van der Waals surface area contributed by atoms with E-state index < -0.39 is 24.1 Å². The van der Waals surface area contributed by atoms with E-state index in [1.807, 2.05) is 0 Å². The Bertz CT molecular complexity index is 1120. The number of hydrogen-bond acceptors (Lipinski definition) is 7. The molecule has 34 heavy (non-hydrogen) atoms. The lowest BCUT2D eigenvalue weighted by Crippen LogP contribution is -2.42. The van der Waals surface area contributed by atoms with E-state index in [0.29, 0.717) is 42.3 Å². The summed E-state index contributed by atoms with van der Waals surface area (Å²) in [5.74, 6) is -2.08. The van der Waals surface area contributed by atoms with Gasteiger partial charge >= 0.3 is 0 Å². The minimum absolute atomic E-state index is 0.0119. The minimum Gasteiger partial charge on any atom is -0.391 e. The summed E-state index contributed by atoms with van der Waals surface area (Å²) in [5, 5.41) is 15.8. The number of piperidine rings is 1. The number of amides is 2. The second kappa shape index (κ2) is 10.2. The molecule has 1 saturated heterocycles. The lowest BCUT2D eigenvalue weighted by atomic mass is 9.88. The average molecular weight is 473 g/mol. The monoisotopic (exact) mass is 473 g/mol. The van der Waals surface area contributed by atoms with E-state index in [4.69, 9.17) is 9.94 Å². The number of benzene rings is 1. The van der Waals surface area contributed by atoms with Gasteiger partial charge < -0.3 is 20.2 Å². The molecule has 0 bridgehead atoms. The predicted octanol–water partition coefficient (Wildman–Crippen LogP) is 1.72. The van der Waals surface area contributed by atoms with Crippen LogP contribution in [-0.4, -0.2) is 63.3 Å². The van der Waals surface area contributed by atoms with E-state index in [1.54, 1.807) is 11.8 Å². The Balaban J connectivity index is 1.37. The third-order valence-corrected chi connectivity index (χ3v) is 6.05. The number of nitrogens with zero attached hydrogens (tertiary/aromatic N) is 4. The highest BCUT2D eigenvalue weighted by Crippen LogP contribution is 2.29. The standard InChI is InChI=1S/C23H25F2N5O4/c1-13-27-18(9-20(28-13)23(33)26-11-14-2-3-16(24)17(25)8-14)19-10-21(34-29-19)15-4-6-30(7-5-15)22(32)12-31/h2-3,8-9,15,21,31H,4-7,10-12H2,1H3,(H,26,33). The Morgan fingerprint density at radius 2 is 1.94 bits per heavy atom. The van der Waals surface area contributed by atoms with Crippen molar-refractivity contribution in [3.8, 4) is 0 Å². The minimum atomic E-state index is -0.980. The number of halogens is 2. The summed E-state index contributed by atoms with van der Waals surface area (Å²) in [6.45, 7) is 2.32. The van der Waals surface area contributed by atoms with E-state index in [0.717, 1.165) is 25.0 Å². The van der Waals surface area contributed by atoms with Crippen LogP contribution in [0.4, 0.5) is 8.78 Å². The zero-order valence-electron chi connectivity index (χ0n) is 18.6. The van der Waals surface area contributed by atoms with Crippen LogP contribution in [0.5, 0.6) is 0 Å². The van der Waals surface area contributed by atoms with Crippen LogP contribution in [0.1, 0.15) is 46.8 Å². The summed E-state index contributed by atoms with van der Waals surface area (Å²) in [5.41, 5.74) is 1.65. The third-order valence-electron chi connectivity index (χ3n) is 6.05. The normalized spacial score (nSPS) is 18.4. The van der Waals surface area contributed by atoms with E-state index in [-0.39, 0.29) is 30.2 Å². The van der Waals surface area contributed by atoms with E-state index >= 15 is 0 Å². The molecule has 1 aromatic carbocycles. The Labute approximate surface area is 194 Å². The summed E-state index contributed by atoms with van der Waals surface area (Å²) < 4.78 is 26.5. The van der Waals surface area contributed by atoms with Gasteiger partial charge in [0.1, 0.15) is 29.9 Å². The predicted molar refractivity (Wildman–Crippen MR) is 117 cm³/mol. The van der Waals surface area contributed by atoms with Crippen LogP contribution in [0, 0.1) is 24.5 Å². The molecule has 4 rings (SSSR count). The molecule has 0 aliphatic carbocycles. The van der Waals surface area contributed by atoms with Crippen molar-refractivity contribution >= 4 is 17.5 Å². The molecule has 2 N–H and O–H groups in total. The number of carbonyl (C=O) groups excluding carboxylic acids is 2. The number of aliphatic hydroxyl groups excluding tert-OH is 1. The molecule has 0 radical (unpaired) electrons. The maximum absolute atomic E-state index is 13.4. The van der Waals surface area contributed by atoms with Gasteiger partial charge in [-0.3, -0.25) is 9.59 Å². The van der Waals surface area contributed by atoms with Crippen molar-refractivity contribution < 1.29 is 28.3 Å². The zero-order valence-corrected chi connectivity index (χ0v) is 18.6. The molecule has 0 saturated carbocycles. The van der Waals surface area contributed by atoms with Gasteiger partial charge in [-0.1, -0.05) is 11.2 Å². The molecule has 11 heteroatoms. The first-order valence-corrected chi connectivity index (χ1v) is 11.0. The first-order chi connectivity index (χ1) is 16.3. The Morgan fingerprint density at radius 3 is 2.65 bits per heavy atom. The molecule has 1 unspecified atom stereocenters. The molecule has 2 aliphatic heterocycles. The maximum atomic E-state index is 13.4. The Morgan fingerprint density at radius 1 is 1.18 bits per heavy atom. The fraction of sp³-hybridized carbons (Fsp3) is 0.435. The number of aliphatic hydroxyl groups is 1. The van der Waals surface area contributed by atoms with Crippen molar-refractivity contribution in [2.75, 3.05) is 19.7 Å². The molecular weight excluding hydrogens is 448 g/mol. The highest BCUT2D eigenvalue weighted by atomic mass is 19.2. The van der Waals surface area contributed by atoms with Gasteiger partial charge in [0.05, 0.1) is 5.69 Å². The molecule has 2 aliphatic rings. The van der Waals surface area contributed by atoms with E-state index in [2.05, 4.69) is 20.4 Å². The average Bonchev–Trinajstić information content (AvgIpc) is 3.34. The Hall–Kier alpha value is -3.47. The van der Waals surface area contributed by atoms with Crippen LogP contribution in [0.3, 0.4) is 0 Å². The summed E-state index contributed by atoms with van der Waals surface area (Å²) in [6, 6.07) is 4.96. The van der Waals surface area contributed by atoms with Gasteiger partial charge in [-0.2, -0.15) is 0 Å². The van der Waals surface area contributed by atoms with Crippen molar-refractivity contribution in [1.29, 1.82) is 0 Å². The number of carbonyl (C=O) groups is 2. The second-order valence-electron chi connectivity index (χ2n) is 8.38. The van der Waals surface area contributed by atoms with Gasteiger partial charge in [-0.25, -0.2) is 18.7 Å². The van der Waals surface area contributed by atoms with Gasteiger partial charge in [-0.05, 0) is 43.5 Å². The van der Waals surface area contributed by atoms with Crippen molar-refractivity contribution in [1.82, 2.24) is 20.2 Å². The third kappa shape index (κ3) is 5.36. The first kappa shape index (κ1) is 23.7. The van der Waals surface area contributed by atoms with Gasteiger partial charge in [0, 0.05) is 32.0 Å². The highest BCUT2D eigenvalue weighted by molar-refractivity contribution is 6.01. The topological polar surface area (TPSA) is 117 Å². The van der Waals surface area contributed by atoms with Crippen molar-refractivity contribution in [3.05, 3.63) is 58.7 Å². The van der Waals surface area contributed by atoms with Gasteiger partial charge in [0.2, 0.25) is 5.91 Å². The number of aromatic nitrogens is 2. The van der Waals surface area contributed by atoms with E-state index in [1.165, 1.54) is 12.1 Å². The first-order valence-electron chi connectivity index (χ1n) is 11.0. The van der Waals surface area contributed by atoms with Gasteiger partial charge in [0.15, 0.2) is 11.6 Å². The number of aryl methyl sites for hydroxylation is 1. The molecule has 180 valence electrons. The molecular formula is C23H25F2N5O4. The van der Waals surface area contributed by atoms with Crippen molar-refractivity contribution in [3.63, 3.8) is 0 Å². The van der Waals surface area contributed by atoms with Crippen LogP contribution >= 0.6 is 0 Å². The fourth-order valence-electron chi connectivity index (χ4n) is 4.18. The van der Waals surface area contributed by atoms with Crippen LogP contribution in [0.25, 0.3) is 0 Å². The summed E-state index contributed by atoms with van der Waals surface area (Å²) in [4.78, 5) is 40.1. The zero-order chi connectivity index (χ0) is 24.2. The molecule has 1 atom stereocenters. The molecule has 1 fully saturated rings. The van der Waals surface area contributed by atoms with Gasteiger partial charge in [-0.15, -0.1) is 0 Å². The van der Waals surface area contributed by atoms with Crippen LogP contribution in [0.2, 0.25) is 0 Å². The number of rotatable bonds is 6. The molecule has 1 aromatic heterocycles. The summed E-state index contributed by atoms with van der Waals surface area (Å²) >= 11 is 0. The highest BCUT2D eigenvalue weighted by Gasteiger charge is 2.34. The maximum Gasteiger partial charge on any atom is 0.270 e. The molecule has 0 spiro atoms.